The quantitative estimate of drug-likeness (QED) is 0.594. The Morgan fingerprint density at radius 3 is 2.68 bits per heavy atom. The zero-order valence-electron chi connectivity index (χ0n) is 13.3. The fourth-order valence-electron chi connectivity index (χ4n) is 2.16. The van der Waals surface area contributed by atoms with E-state index >= 15 is 0 Å². The fourth-order valence-corrected chi connectivity index (χ4v) is 4.49. The molecule has 0 saturated carbocycles. The summed E-state index contributed by atoms with van der Waals surface area (Å²) in [6, 6.07) is 8.44. The monoisotopic (exact) mass is 416 g/mol. The van der Waals surface area contributed by atoms with Crippen molar-refractivity contribution in [2.45, 2.75) is 15.8 Å². The minimum absolute atomic E-state index is 0.257. The predicted octanol–water partition coefficient (Wildman–Crippen LogP) is 3.58. The molecular formula is C15H14Cl2N4O2S2. The van der Waals surface area contributed by atoms with Crippen LogP contribution < -0.4 is 0 Å². The van der Waals surface area contributed by atoms with Gasteiger partial charge in [0.05, 0.1) is 14.9 Å². The van der Waals surface area contributed by atoms with E-state index in [0.717, 1.165) is 5.56 Å². The standard InChI is InChI=1S/C15H14Cl2N4O2S2/c1-20(2)25(22,23)12-5-3-4-10(6-12)9-24-15-19-18-14-13(17)7-11(16)8-21(14)15/h3-8H,9H2,1-2H3. The summed E-state index contributed by atoms with van der Waals surface area (Å²) in [6.45, 7) is 0. The van der Waals surface area contributed by atoms with Gasteiger partial charge < -0.3 is 0 Å². The average Bonchev–Trinajstić information content (AvgIpc) is 2.96. The molecule has 2 aromatic heterocycles. The normalized spacial score (nSPS) is 12.2. The number of thioether (sulfide) groups is 1. The van der Waals surface area contributed by atoms with Gasteiger partial charge in [0, 0.05) is 26.0 Å². The largest absolute Gasteiger partial charge is 0.275 e. The third kappa shape index (κ3) is 3.78. The molecule has 0 saturated heterocycles. The van der Waals surface area contributed by atoms with Crippen LogP contribution >= 0.6 is 35.0 Å². The van der Waals surface area contributed by atoms with E-state index in [2.05, 4.69) is 10.2 Å². The molecule has 2 heterocycles. The van der Waals surface area contributed by atoms with Gasteiger partial charge in [-0.2, -0.15) is 0 Å². The van der Waals surface area contributed by atoms with Gasteiger partial charge in [-0.1, -0.05) is 47.1 Å². The van der Waals surface area contributed by atoms with Crippen LogP contribution in [0.5, 0.6) is 0 Å². The van der Waals surface area contributed by atoms with Crippen molar-refractivity contribution in [2.75, 3.05) is 14.1 Å². The van der Waals surface area contributed by atoms with Crippen molar-refractivity contribution in [2.24, 2.45) is 0 Å². The number of hydrogen-bond donors (Lipinski definition) is 0. The molecule has 0 amide bonds. The van der Waals surface area contributed by atoms with Gasteiger partial charge in [0.25, 0.3) is 0 Å². The number of sulfonamides is 1. The minimum Gasteiger partial charge on any atom is -0.275 e. The molecule has 0 unspecified atom stereocenters. The number of fused-ring (bicyclic) bond motifs is 1. The second-order valence-corrected chi connectivity index (χ2v) is 9.34. The molecule has 0 fully saturated rings. The number of pyridine rings is 1. The molecule has 25 heavy (non-hydrogen) atoms. The lowest BCUT2D eigenvalue weighted by atomic mass is 10.2. The van der Waals surface area contributed by atoms with Crippen LogP contribution in [0.25, 0.3) is 5.65 Å². The summed E-state index contributed by atoms with van der Waals surface area (Å²) in [7, 11) is -0.448. The highest BCUT2D eigenvalue weighted by Gasteiger charge is 2.17. The van der Waals surface area contributed by atoms with Gasteiger partial charge in [-0.3, -0.25) is 4.40 Å². The van der Waals surface area contributed by atoms with Crippen LogP contribution in [0.2, 0.25) is 10.0 Å². The van der Waals surface area contributed by atoms with Crippen LogP contribution in [0, 0.1) is 0 Å². The Bertz CT molecular complexity index is 1040. The molecule has 0 aliphatic carbocycles. The van der Waals surface area contributed by atoms with Gasteiger partial charge in [0.15, 0.2) is 10.8 Å². The van der Waals surface area contributed by atoms with Crippen molar-refractivity contribution in [3.8, 4) is 0 Å². The van der Waals surface area contributed by atoms with Crippen LogP contribution in [0.4, 0.5) is 0 Å². The summed E-state index contributed by atoms with van der Waals surface area (Å²) in [6.07, 6.45) is 1.69. The Balaban J connectivity index is 1.86. The molecule has 6 nitrogen and oxygen atoms in total. The predicted molar refractivity (Wildman–Crippen MR) is 99.9 cm³/mol. The topological polar surface area (TPSA) is 67.6 Å². The molecular weight excluding hydrogens is 403 g/mol. The third-order valence-corrected chi connectivity index (χ3v) is 6.75. The van der Waals surface area contributed by atoms with Crippen molar-refractivity contribution in [1.29, 1.82) is 0 Å². The van der Waals surface area contributed by atoms with E-state index in [1.165, 1.54) is 30.2 Å². The van der Waals surface area contributed by atoms with E-state index in [1.54, 1.807) is 34.9 Å². The first kappa shape index (κ1) is 18.5. The highest BCUT2D eigenvalue weighted by atomic mass is 35.5. The molecule has 0 aliphatic rings. The van der Waals surface area contributed by atoms with Crippen molar-refractivity contribution in [3.63, 3.8) is 0 Å². The molecule has 3 rings (SSSR count). The SMILES string of the molecule is CN(C)S(=O)(=O)c1cccc(CSc2nnc3c(Cl)cc(Cl)cn23)c1. The molecule has 0 spiro atoms. The van der Waals surface area contributed by atoms with Gasteiger partial charge in [0.1, 0.15) is 0 Å². The molecule has 0 radical (unpaired) electrons. The number of hydrogen-bond acceptors (Lipinski definition) is 5. The Morgan fingerprint density at radius 1 is 1.20 bits per heavy atom. The van der Waals surface area contributed by atoms with E-state index in [9.17, 15) is 8.42 Å². The Morgan fingerprint density at radius 2 is 1.96 bits per heavy atom. The lowest BCUT2D eigenvalue weighted by Crippen LogP contribution is -2.22. The molecule has 0 atom stereocenters. The Labute approximate surface area is 159 Å². The van der Waals surface area contributed by atoms with Crippen LogP contribution in [-0.2, 0) is 15.8 Å². The molecule has 10 heteroatoms. The van der Waals surface area contributed by atoms with Gasteiger partial charge >= 0.3 is 0 Å². The van der Waals surface area contributed by atoms with Crippen LogP contribution in [0.1, 0.15) is 5.56 Å². The summed E-state index contributed by atoms with van der Waals surface area (Å²) in [5, 5.41) is 9.70. The van der Waals surface area contributed by atoms with Gasteiger partial charge in [-0.15, -0.1) is 10.2 Å². The van der Waals surface area contributed by atoms with Crippen molar-refractivity contribution in [1.82, 2.24) is 18.9 Å². The van der Waals surface area contributed by atoms with Gasteiger partial charge in [-0.05, 0) is 23.8 Å². The molecule has 0 N–H and O–H groups in total. The fraction of sp³-hybridized carbons (Fsp3) is 0.200. The molecule has 0 aliphatic heterocycles. The van der Waals surface area contributed by atoms with E-state index in [0.29, 0.717) is 26.6 Å². The lowest BCUT2D eigenvalue weighted by molar-refractivity contribution is 0.520. The van der Waals surface area contributed by atoms with Crippen molar-refractivity contribution >= 4 is 50.6 Å². The van der Waals surface area contributed by atoms with E-state index in [1.807, 2.05) is 6.07 Å². The molecule has 1 aromatic carbocycles. The number of halogens is 2. The van der Waals surface area contributed by atoms with E-state index < -0.39 is 10.0 Å². The first-order valence-electron chi connectivity index (χ1n) is 7.13. The summed E-state index contributed by atoms with van der Waals surface area (Å²) >= 11 is 13.6. The zero-order valence-corrected chi connectivity index (χ0v) is 16.5. The Kier molecular flexibility index (Phi) is 5.26. The Hall–Kier alpha value is -1.32. The number of rotatable bonds is 5. The third-order valence-electron chi connectivity index (χ3n) is 3.44. The lowest BCUT2D eigenvalue weighted by Gasteiger charge is -2.12. The molecule has 0 bridgehead atoms. The first-order valence-corrected chi connectivity index (χ1v) is 10.3. The van der Waals surface area contributed by atoms with Gasteiger partial charge in [-0.25, -0.2) is 12.7 Å². The van der Waals surface area contributed by atoms with Crippen molar-refractivity contribution < 1.29 is 8.42 Å². The minimum atomic E-state index is -3.46. The maximum Gasteiger partial charge on any atom is 0.242 e. The number of aromatic nitrogens is 3. The highest BCUT2D eigenvalue weighted by molar-refractivity contribution is 7.98. The maximum absolute atomic E-state index is 12.2. The smallest absolute Gasteiger partial charge is 0.242 e. The van der Waals surface area contributed by atoms with Crippen molar-refractivity contribution in [3.05, 3.63) is 52.1 Å². The van der Waals surface area contributed by atoms with E-state index in [4.69, 9.17) is 23.2 Å². The second kappa shape index (κ2) is 7.13. The number of benzene rings is 1. The van der Waals surface area contributed by atoms with Crippen LogP contribution in [-0.4, -0.2) is 41.4 Å². The summed E-state index contributed by atoms with van der Waals surface area (Å²) in [4.78, 5) is 0.257. The second-order valence-electron chi connectivity index (χ2n) is 5.41. The zero-order chi connectivity index (χ0) is 18.2. The van der Waals surface area contributed by atoms with Crippen LogP contribution in [0.3, 0.4) is 0 Å². The highest BCUT2D eigenvalue weighted by Crippen LogP contribution is 2.27. The summed E-state index contributed by atoms with van der Waals surface area (Å²) in [5.41, 5.74) is 1.38. The van der Waals surface area contributed by atoms with Crippen LogP contribution in [0.15, 0.2) is 46.6 Å². The maximum atomic E-state index is 12.2. The number of nitrogens with zero attached hydrogens (tertiary/aromatic N) is 4. The van der Waals surface area contributed by atoms with E-state index in [-0.39, 0.29) is 4.90 Å². The first-order chi connectivity index (χ1) is 11.8. The summed E-state index contributed by atoms with van der Waals surface area (Å²) < 4.78 is 27.4. The molecule has 132 valence electrons. The molecule has 3 aromatic rings. The van der Waals surface area contributed by atoms with Gasteiger partial charge in [0.2, 0.25) is 10.0 Å². The average molecular weight is 417 g/mol. The summed E-state index contributed by atoms with van der Waals surface area (Å²) in [5.74, 6) is 0.529.